The summed E-state index contributed by atoms with van der Waals surface area (Å²) in [5.74, 6) is 0.680. The van der Waals surface area contributed by atoms with E-state index < -0.39 is 0 Å². The number of urea groups is 1. The number of hydrogen-bond donors (Lipinski definition) is 1. The number of amides is 2. The highest BCUT2D eigenvalue weighted by Crippen LogP contribution is 2.06. The molecule has 0 bridgehead atoms. The maximum absolute atomic E-state index is 11.5. The molecule has 1 rings (SSSR count). The van der Waals surface area contributed by atoms with Crippen LogP contribution in [0, 0.1) is 5.92 Å². The van der Waals surface area contributed by atoms with Gasteiger partial charge in [-0.15, -0.1) is 0 Å². The normalized spacial score (nSPS) is 15.8. The van der Waals surface area contributed by atoms with Crippen LogP contribution in [-0.4, -0.2) is 43.8 Å². The molecule has 4 nitrogen and oxygen atoms in total. The first-order valence-corrected chi connectivity index (χ1v) is 6.30. The van der Waals surface area contributed by atoms with Crippen LogP contribution in [0.25, 0.3) is 0 Å². The Balaban J connectivity index is 1.92. The highest BCUT2D eigenvalue weighted by molar-refractivity contribution is 5.74. The van der Waals surface area contributed by atoms with Crippen LogP contribution in [0.4, 0.5) is 4.79 Å². The lowest BCUT2D eigenvalue weighted by Crippen LogP contribution is -2.39. The van der Waals surface area contributed by atoms with Crippen molar-refractivity contribution in [3.05, 3.63) is 0 Å². The second-order valence-electron chi connectivity index (χ2n) is 4.72. The number of hydrogen-bond acceptors (Lipinski definition) is 2. The standard InChI is InChI=1S/C12H24N2O2/c1-11(2)5-9-16-10-6-13-12(15)14-7-3-4-8-14/h11H,3-10H2,1-2H3,(H,13,15). The van der Waals surface area contributed by atoms with Crippen LogP contribution in [0.2, 0.25) is 0 Å². The molecule has 16 heavy (non-hydrogen) atoms. The van der Waals surface area contributed by atoms with E-state index in [1.807, 2.05) is 4.90 Å². The van der Waals surface area contributed by atoms with Crippen LogP contribution in [0.3, 0.4) is 0 Å². The molecule has 1 aliphatic rings. The average Bonchev–Trinajstić information content (AvgIpc) is 2.75. The Bertz CT molecular complexity index is 201. The summed E-state index contributed by atoms with van der Waals surface area (Å²) in [7, 11) is 0. The van der Waals surface area contributed by atoms with Crippen molar-refractivity contribution < 1.29 is 9.53 Å². The third-order valence-corrected chi connectivity index (χ3v) is 2.76. The molecule has 1 fully saturated rings. The Morgan fingerprint density at radius 2 is 2.00 bits per heavy atom. The first kappa shape index (κ1) is 13.3. The average molecular weight is 228 g/mol. The highest BCUT2D eigenvalue weighted by atomic mass is 16.5. The fraction of sp³-hybridized carbons (Fsp3) is 0.917. The SMILES string of the molecule is CC(C)CCOCCNC(=O)N1CCCC1. The Kier molecular flexibility index (Phi) is 6.23. The maximum Gasteiger partial charge on any atom is 0.317 e. The van der Waals surface area contributed by atoms with Gasteiger partial charge in [0, 0.05) is 26.2 Å². The Hall–Kier alpha value is -0.770. The molecular formula is C12H24N2O2. The van der Waals surface area contributed by atoms with Gasteiger partial charge in [-0.3, -0.25) is 0 Å². The number of nitrogens with one attached hydrogen (secondary N) is 1. The number of carbonyl (C=O) groups excluding carboxylic acids is 1. The second-order valence-corrected chi connectivity index (χ2v) is 4.72. The van der Waals surface area contributed by atoms with Crippen LogP contribution in [-0.2, 0) is 4.74 Å². The van der Waals surface area contributed by atoms with E-state index in [-0.39, 0.29) is 6.03 Å². The molecule has 1 heterocycles. The lowest BCUT2D eigenvalue weighted by molar-refractivity contribution is 0.124. The van der Waals surface area contributed by atoms with Gasteiger partial charge in [0.25, 0.3) is 0 Å². The third-order valence-electron chi connectivity index (χ3n) is 2.76. The minimum absolute atomic E-state index is 0.0601. The van der Waals surface area contributed by atoms with Gasteiger partial charge >= 0.3 is 6.03 Å². The van der Waals surface area contributed by atoms with Crippen molar-refractivity contribution in [1.29, 1.82) is 0 Å². The van der Waals surface area contributed by atoms with E-state index >= 15 is 0 Å². The minimum atomic E-state index is 0.0601. The summed E-state index contributed by atoms with van der Waals surface area (Å²) in [4.78, 5) is 13.4. The molecule has 1 N–H and O–H groups in total. The number of rotatable bonds is 6. The van der Waals surface area contributed by atoms with Gasteiger partial charge in [-0.2, -0.15) is 0 Å². The Morgan fingerprint density at radius 3 is 2.62 bits per heavy atom. The zero-order valence-electron chi connectivity index (χ0n) is 10.5. The van der Waals surface area contributed by atoms with Crippen LogP contribution >= 0.6 is 0 Å². The van der Waals surface area contributed by atoms with Gasteiger partial charge < -0.3 is 15.0 Å². The van der Waals surface area contributed by atoms with Crippen molar-refractivity contribution in [1.82, 2.24) is 10.2 Å². The van der Waals surface area contributed by atoms with E-state index in [1.54, 1.807) is 0 Å². The predicted octanol–water partition coefficient (Wildman–Crippen LogP) is 1.85. The summed E-state index contributed by atoms with van der Waals surface area (Å²) < 4.78 is 5.42. The van der Waals surface area contributed by atoms with Crippen molar-refractivity contribution >= 4 is 6.03 Å². The van der Waals surface area contributed by atoms with E-state index in [0.717, 1.165) is 39.0 Å². The zero-order chi connectivity index (χ0) is 11.8. The van der Waals surface area contributed by atoms with Crippen molar-refractivity contribution in [2.75, 3.05) is 32.8 Å². The van der Waals surface area contributed by atoms with Gasteiger partial charge in [-0.1, -0.05) is 13.8 Å². The van der Waals surface area contributed by atoms with Gasteiger partial charge in [0.1, 0.15) is 0 Å². The van der Waals surface area contributed by atoms with E-state index in [9.17, 15) is 4.79 Å². The molecule has 0 unspecified atom stereocenters. The quantitative estimate of drug-likeness (QED) is 0.705. The van der Waals surface area contributed by atoms with Gasteiger partial charge in [0.2, 0.25) is 0 Å². The number of ether oxygens (including phenoxy) is 1. The lowest BCUT2D eigenvalue weighted by Gasteiger charge is -2.16. The van der Waals surface area contributed by atoms with Gasteiger partial charge in [-0.05, 0) is 25.2 Å². The van der Waals surface area contributed by atoms with E-state index in [0.29, 0.717) is 19.1 Å². The number of likely N-dealkylation sites (tertiary alicyclic amines) is 1. The van der Waals surface area contributed by atoms with Crippen LogP contribution in [0.15, 0.2) is 0 Å². The third kappa shape index (κ3) is 5.35. The molecule has 0 aromatic carbocycles. The highest BCUT2D eigenvalue weighted by Gasteiger charge is 2.16. The lowest BCUT2D eigenvalue weighted by atomic mass is 10.1. The number of carbonyl (C=O) groups is 1. The van der Waals surface area contributed by atoms with Crippen LogP contribution in [0.1, 0.15) is 33.1 Å². The smallest absolute Gasteiger partial charge is 0.317 e. The first-order chi connectivity index (χ1) is 7.70. The molecule has 1 saturated heterocycles. The van der Waals surface area contributed by atoms with E-state index in [1.165, 1.54) is 0 Å². The molecule has 0 radical (unpaired) electrons. The van der Waals surface area contributed by atoms with Crippen LogP contribution in [0.5, 0.6) is 0 Å². The topological polar surface area (TPSA) is 41.6 Å². The molecule has 0 atom stereocenters. The summed E-state index contributed by atoms with van der Waals surface area (Å²) in [5.41, 5.74) is 0. The minimum Gasteiger partial charge on any atom is -0.380 e. The summed E-state index contributed by atoms with van der Waals surface area (Å²) in [5, 5.41) is 2.87. The van der Waals surface area contributed by atoms with Crippen LogP contribution < -0.4 is 5.32 Å². The van der Waals surface area contributed by atoms with Gasteiger partial charge in [-0.25, -0.2) is 4.79 Å². The van der Waals surface area contributed by atoms with Crippen molar-refractivity contribution in [2.45, 2.75) is 33.1 Å². The molecule has 0 spiro atoms. The fourth-order valence-corrected chi connectivity index (χ4v) is 1.68. The number of nitrogens with zero attached hydrogens (tertiary/aromatic N) is 1. The van der Waals surface area contributed by atoms with Crippen molar-refractivity contribution in [3.8, 4) is 0 Å². The largest absolute Gasteiger partial charge is 0.380 e. The van der Waals surface area contributed by atoms with Crippen molar-refractivity contribution in [3.63, 3.8) is 0 Å². The molecule has 0 aromatic heterocycles. The molecule has 2 amide bonds. The summed E-state index contributed by atoms with van der Waals surface area (Å²) in [6, 6.07) is 0.0601. The Morgan fingerprint density at radius 1 is 1.31 bits per heavy atom. The molecule has 94 valence electrons. The molecule has 1 aliphatic heterocycles. The van der Waals surface area contributed by atoms with E-state index in [4.69, 9.17) is 4.74 Å². The maximum atomic E-state index is 11.5. The summed E-state index contributed by atoms with van der Waals surface area (Å²) in [6.07, 6.45) is 3.36. The van der Waals surface area contributed by atoms with Gasteiger partial charge in [0.05, 0.1) is 6.61 Å². The Labute approximate surface area is 98.3 Å². The molecular weight excluding hydrogens is 204 g/mol. The molecule has 0 aliphatic carbocycles. The predicted molar refractivity (Wildman–Crippen MR) is 64.5 cm³/mol. The first-order valence-electron chi connectivity index (χ1n) is 6.30. The monoisotopic (exact) mass is 228 g/mol. The van der Waals surface area contributed by atoms with Crippen molar-refractivity contribution in [2.24, 2.45) is 5.92 Å². The van der Waals surface area contributed by atoms with E-state index in [2.05, 4.69) is 19.2 Å². The zero-order valence-corrected chi connectivity index (χ0v) is 10.5. The molecule has 0 saturated carbocycles. The second kappa shape index (κ2) is 7.49. The summed E-state index contributed by atoms with van der Waals surface area (Å²) in [6.45, 7) is 8.19. The molecule has 0 aromatic rings. The van der Waals surface area contributed by atoms with Gasteiger partial charge in [0.15, 0.2) is 0 Å². The summed E-state index contributed by atoms with van der Waals surface area (Å²) >= 11 is 0. The molecule has 4 heteroatoms. The fourth-order valence-electron chi connectivity index (χ4n) is 1.68.